The summed E-state index contributed by atoms with van der Waals surface area (Å²) >= 11 is 6.09. The minimum atomic E-state index is 0.573. The fourth-order valence-electron chi connectivity index (χ4n) is 1.90. The molecule has 1 aromatic carbocycles. The van der Waals surface area contributed by atoms with Crippen LogP contribution in [0.5, 0.6) is 0 Å². The van der Waals surface area contributed by atoms with Gasteiger partial charge in [-0.1, -0.05) is 17.7 Å². The zero-order chi connectivity index (χ0) is 14.9. The van der Waals surface area contributed by atoms with Gasteiger partial charge in [0.15, 0.2) is 0 Å². The smallest absolute Gasteiger partial charge is 0.0992 e. The van der Waals surface area contributed by atoms with Gasteiger partial charge < -0.3 is 10.6 Å². The zero-order valence-electron chi connectivity index (χ0n) is 11.6. The number of anilines is 1. The standard InChI is InChI=1S/C16H17ClN4/c17-15-9-13(10-18)4-5-16(15)21-8-2-7-20-12-14-3-1-6-19-11-14/h1,3-6,9,11,20-21H,2,7-8,12H2. The number of nitrogens with zero attached hydrogens (tertiary/aromatic N) is 2. The second kappa shape index (κ2) is 8.25. The number of pyridine rings is 1. The van der Waals surface area contributed by atoms with Crippen LogP contribution in [0, 0.1) is 11.3 Å². The number of halogens is 1. The van der Waals surface area contributed by atoms with Crippen molar-refractivity contribution >= 4 is 17.3 Å². The molecule has 0 unspecified atom stereocenters. The molecule has 0 aliphatic rings. The summed E-state index contributed by atoms with van der Waals surface area (Å²) < 4.78 is 0. The van der Waals surface area contributed by atoms with E-state index in [1.54, 1.807) is 18.3 Å². The molecule has 1 heterocycles. The summed E-state index contributed by atoms with van der Waals surface area (Å²) in [7, 11) is 0. The molecule has 108 valence electrons. The van der Waals surface area contributed by atoms with Gasteiger partial charge in [-0.25, -0.2) is 0 Å². The Kier molecular flexibility index (Phi) is 6.01. The van der Waals surface area contributed by atoms with Gasteiger partial charge >= 0.3 is 0 Å². The molecule has 21 heavy (non-hydrogen) atoms. The number of rotatable bonds is 7. The molecule has 1 aromatic heterocycles. The van der Waals surface area contributed by atoms with Gasteiger partial charge in [0.05, 0.1) is 22.3 Å². The number of hydrogen-bond acceptors (Lipinski definition) is 4. The highest BCUT2D eigenvalue weighted by atomic mass is 35.5. The Bertz CT molecular complexity index is 607. The first-order valence-corrected chi connectivity index (χ1v) is 7.20. The van der Waals surface area contributed by atoms with Crippen LogP contribution < -0.4 is 10.6 Å². The Labute approximate surface area is 129 Å². The lowest BCUT2D eigenvalue weighted by atomic mass is 10.2. The highest BCUT2D eigenvalue weighted by Crippen LogP contribution is 2.22. The molecule has 0 bridgehead atoms. The molecule has 5 heteroatoms. The summed E-state index contributed by atoms with van der Waals surface area (Å²) in [5, 5.41) is 16.0. The second-order valence-electron chi connectivity index (χ2n) is 4.62. The van der Waals surface area contributed by atoms with Gasteiger partial charge in [-0.3, -0.25) is 4.98 Å². The van der Waals surface area contributed by atoms with Gasteiger partial charge in [-0.05, 0) is 42.8 Å². The maximum Gasteiger partial charge on any atom is 0.0992 e. The van der Waals surface area contributed by atoms with Gasteiger partial charge in [-0.2, -0.15) is 5.26 Å². The van der Waals surface area contributed by atoms with E-state index in [9.17, 15) is 0 Å². The Morgan fingerprint density at radius 3 is 2.86 bits per heavy atom. The lowest BCUT2D eigenvalue weighted by Crippen LogP contribution is -2.17. The fraction of sp³-hybridized carbons (Fsp3) is 0.250. The third-order valence-electron chi connectivity index (χ3n) is 3.00. The first-order chi connectivity index (χ1) is 10.3. The molecule has 0 radical (unpaired) electrons. The zero-order valence-corrected chi connectivity index (χ0v) is 12.4. The van der Waals surface area contributed by atoms with Crippen molar-refractivity contribution in [2.45, 2.75) is 13.0 Å². The van der Waals surface area contributed by atoms with Crippen molar-refractivity contribution in [1.82, 2.24) is 10.3 Å². The Morgan fingerprint density at radius 1 is 1.24 bits per heavy atom. The molecule has 0 fully saturated rings. The molecule has 0 saturated heterocycles. The molecule has 0 saturated carbocycles. The first kappa shape index (κ1) is 15.3. The quantitative estimate of drug-likeness (QED) is 0.771. The van der Waals surface area contributed by atoms with E-state index in [-0.39, 0.29) is 0 Å². The second-order valence-corrected chi connectivity index (χ2v) is 5.03. The highest BCUT2D eigenvalue weighted by molar-refractivity contribution is 6.33. The molecule has 0 atom stereocenters. The third kappa shape index (κ3) is 5.07. The van der Waals surface area contributed by atoms with Crippen LogP contribution >= 0.6 is 11.6 Å². The van der Waals surface area contributed by atoms with E-state index in [4.69, 9.17) is 16.9 Å². The molecule has 2 aromatic rings. The molecule has 2 N–H and O–H groups in total. The van der Waals surface area contributed by atoms with Crippen molar-refractivity contribution in [2.75, 3.05) is 18.4 Å². The first-order valence-electron chi connectivity index (χ1n) is 6.83. The van der Waals surface area contributed by atoms with E-state index in [1.165, 1.54) is 5.56 Å². The van der Waals surface area contributed by atoms with Crippen molar-refractivity contribution in [3.8, 4) is 6.07 Å². The van der Waals surface area contributed by atoms with Gasteiger partial charge in [0.2, 0.25) is 0 Å². The Morgan fingerprint density at radius 2 is 2.14 bits per heavy atom. The number of hydrogen-bond donors (Lipinski definition) is 2. The van der Waals surface area contributed by atoms with Crippen molar-refractivity contribution in [2.24, 2.45) is 0 Å². The Hall–Kier alpha value is -2.09. The normalized spacial score (nSPS) is 10.1. The van der Waals surface area contributed by atoms with Crippen LogP contribution in [0.1, 0.15) is 17.5 Å². The molecule has 4 nitrogen and oxygen atoms in total. The van der Waals surface area contributed by atoms with Gasteiger partial charge in [-0.15, -0.1) is 0 Å². The molecular weight excluding hydrogens is 284 g/mol. The van der Waals surface area contributed by atoms with E-state index >= 15 is 0 Å². The van der Waals surface area contributed by atoms with Crippen LogP contribution in [0.25, 0.3) is 0 Å². The number of nitriles is 1. The van der Waals surface area contributed by atoms with E-state index in [0.29, 0.717) is 10.6 Å². The fourth-order valence-corrected chi connectivity index (χ4v) is 2.15. The predicted octanol–water partition coefficient (Wildman–Crippen LogP) is 3.20. The molecule has 0 spiro atoms. The summed E-state index contributed by atoms with van der Waals surface area (Å²) in [4.78, 5) is 4.07. The summed E-state index contributed by atoms with van der Waals surface area (Å²) in [5.74, 6) is 0. The number of benzene rings is 1. The summed E-state index contributed by atoms with van der Waals surface area (Å²) in [5.41, 5.74) is 2.62. The van der Waals surface area contributed by atoms with Gasteiger partial charge in [0, 0.05) is 25.5 Å². The minimum Gasteiger partial charge on any atom is -0.384 e. The average Bonchev–Trinajstić information content (AvgIpc) is 2.53. The van der Waals surface area contributed by atoms with Crippen molar-refractivity contribution < 1.29 is 0 Å². The minimum absolute atomic E-state index is 0.573. The van der Waals surface area contributed by atoms with Gasteiger partial charge in [0.1, 0.15) is 0 Å². The monoisotopic (exact) mass is 300 g/mol. The number of aromatic nitrogens is 1. The van der Waals surface area contributed by atoms with Crippen molar-refractivity contribution in [1.29, 1.82) is 5.26 Å². The summed E-state index contributed by atoms with van der Waals surface area (Å²) in [6.07, 6.45) is 4.62. The van der Waals surface area contributed by atoms with Crippen molar-refractivity contribution in [3.05, 3.63) is 58.9 Å². The largest absolute Gasteiger partial charge is 0.384 e. The van der Waals surface area contributed by atoms with E-state index in [2.05, 4.69) is 27.8 Å². The molecule has 2 rings (SSSR count). The van der Waals surface area contributed by atoms with E-state index < -0.39 is 0 Å². The number of nitrogens with one attached hydrogen (secondary N) is 2. The average molecular weight is 301 g/mol. The maximum absolute atomic E-state index is 8.78. The third-order valence-corrected chi connectivity index (χ3v) is 3.31. The van der Waals surface area contributed by atoms with Crippen LogP contribution in [0.3, 0.4) is 0 Å². The maximum atomic E-state index is 8.78. The van der Waals surface area contributed by atoms with Crippen LogP contribution in [-0.4, -0.2) is 18.1 Å². The lowest BCUT2D eigenvalue weighted by molar-refractivity contribution is 0.662. The predicted molar refractivity (Wildman–Crippen MR) is 85.2 cm³/mol. The van der Waals surface area contributed by atoms with Crippen molar-refractivity contribution in [3.63, 3.8) is 0 Å². The van der Waals surface area contributed by atoms with Crippen LogP contribution in [0.15, 0.2) is 42.7 Å². The lowest BCUT2D eigenvalue weighted by Gasteiger charge is -2.09. The topological polar surface area (TPSA) is 60.7 Å². The summed E-state index contributed by atoms with van der Waals surface area (Å²) in [6, 6.07) is 11.3. The van der Waals surface area contributed by atoms with Crippen LogP contribution in [0.2, 0.25) is 5.02 Å². The van der Waals surface area contributed by atoms with Gasteiger partial charge in [0.25, 0.3) is 0 Å². The molecular formula is C16H17ClN4. The highest BCUT2D eigenvalue weighted by Gasteiger charge is 2.00. The van der Waals surface area contributed by atoms with E-state index in [1.807, 2.05) is 18.3 Å². The van der Waals surface area contributed by atoms with E-state index in [0.717, 1.165) is 31.7 Å². The molecule has 0 aliphatic carbocycles. The summed E-state index contributed by atoms with van der Waals surface area (Å²) in [6.45, 7) is 2.56. The molecule has 0 amide bonds. The molecule has 0 aliphatic heterocycles. The SMILES string of the molecule is N#Cc1ccc(NCCCNCc2cccnc2)c(Cl)c1. The Balaban J connectivity index is 1.65. The van der Waals surface area contributed by atoms with Crippen LogP contribution in [-0.2, 0) is 6.54 Å². The van der Waals surface area contributed by atoms with Crippen LogP contribution in [0.4, 0.5) is 5.69 Å².